The lowest BCUT2D eigenvalue weighted by Crippen LogP contribution is -2.23. The molecule has 14 heavy (non-hydrogen) atoms. The van der Waals surface area contributed by atoms with Crippen LogP contribution in [0, 0.1) is 0 Å². The van der Waals surface area contributed by atoms with Crippen LogP contribution < -0.4 is 5.73 Å². The predicted molar refractivity (Wildman–Crippen MR) is 57.9 cm³/mol. The summed E-state index contributed by atoms with van der Waals surface area (Å²) in [6, 6.07) is 4.56. The number of hydrogen-bond acceptors (Lipinski definition) is 3. The second-order valence-electron chi connectivity index (χ2n) is 3.76. The van der Waals surface area contributed by atoms with Crippen molar-refractivity contribution in [2.45, 2.75) is 25.8 Å². The average Bonchev–Trinajstić information content (AvgIpc) is 2.66. The number of nitrogens with zero attached hydrogens (tertiary/aromatic N) is 2. The van der Waals surface area contributed by atoms with Gasteiger partial charge in [-0.05, 0) is 32.0 Å². The summed E-state index contributed by atoms with van der Waals surface area (Å²) in [5.41, 5.74) is 7.08. The Morgan fingerprint density at radius 3 is 3.21 bits per heavy atom. The van der Waals surface area contributed by atoms with Gasteiger partial charge >= 0.3 is 0 Å². The molecule has 0 amide bonds. The number of pyridine rings is 1. The summed E-state index contributed by atoms with van der Waals surface area (Å²) in [5, 5.41) is 0. The van der Waals surface area contributed by atoms with Crippen molar-refractivity contribution in [2.24, 2.45) is 0 Å². The van der Waals surface area contributed by atoms with Crippen LogP contribution in [0.3, 0.4) is 0 Å². The first-order valence-corrected chi connectivity index (χ1v) is 5.27. The molecule has 3 heteroatoms. The minimum absolute atomic E-state index is 0.494. The summed E-state index contributed by atoms with van der Waals surface area (Å²) >= 11 is 0. The third kappa shape index (κ3) is 1.60. The van der Waals surface area contributed by atoms with Gasteiger partial charge in [0, 0.05) is 17.8 Å². The molecule has 1 aromatic rings. The zero-order valence-corrected chi connectivity index (χ0v) is 8.61. The van der Waals surface area contributed by atoms with Crippen LogP contribution >= 0.6 is 0 Å². The highest BCUT2D eigenvalue weighted by Crippen LogP contribution is 2.33. The zero-order chi connectivity index (χ0) is 9.97. The molecule has 1 aliphatic rings. The molecule has 1 fully saturated rings. The van der Waals surface area contributed by atoms with Crippen LogP contribution in [-0.2, 0) is 0 Å². The topological polar surface area (TPSA) is 42.2 Å². The monoisotopic (exact) mass is 191 g/mol. The highest BCUT2D eigenvalue weighted by Gasteiger charge is 2.25. The van der Waals surface area contributed by atoms with E-state index in [4.69, 9.17) is 5.73 Å². The summed E-state index contributed by atoms with van der Waals surface area (Å²) < 4.78 is 0. The first kappa shape index (κ1) is 9.46. The molecule has 0 aromatic carbocycles. The standard InChI is InChI=1S/C11H17N3/c1-2-14-8-4-6-10(14)9-5-3-7-13-11(9)12/h3,5,7,10H,2,4,6,8H2,1H3,(H2,12,13)/t10-/m0/s1. The van der Waals surface area contributed by atoms with Crippen molar-refractivity contribution >= 4 is 5.82 Å². The molecule has 1 aliphatic heterocycles. The maximum atomic E-state index is 5.88. The Kier molecular flexibility index (Phi) is 2.68. The number of hydrogen-bond donors (Lipinski definition) is 1. The molecular formula is C11H17N3. The number of nitrogens with two attached hydrogens (primary N) is 1. The van der Waals surface area contributed by atoms with Gasteiger partial charge in [-0.3, -0.25) is 4.90 Å². The Bertz CT molecular complexity index is 311. The van der Waals surface area contributed by atoms with Crippen molar-refractivity contribution in [3.63, 3.8) is 0 Å². The van der Waals surface area contributed by atoms with Crippen LogP contribution in [0.4, 0.5) is 5.82 Å². The van der Waals surface area contributed by atoms with Gasteiger partial charge in [-0.1, -0.05) is 13.0 Å². The van der Waals surface area contributed by atoms with E-state index < -0.39 is 0 Å². The fourth-order valence-electron chi connectivity index (χ4n) is 2.27. The summed E-state index contributed by atoms with van der Waals surface area (Å²) in [7, 11) is 0. The Morgan fingerprint density at radius 2 is 2.50 bits per heavy atom. The quantitative estimate of drug-likeness (QED) is 0.775. The molecule has 0 spiro atoms. The van der Waals surface area contributed by atoms with Crippen molar-refractivity contribution in [1.82, 2.24) is 9.88 Å². The smallest absolute Gasteiger partial charge is 0.128 e. The average molecular weight is 191 g/mol. The number of anilines is 1. The molecule has 0 radical (unpaired) electrons. The van der Waals surface area contributed by atoms with Gasteiger partial charge in [0.25, 0.3) is 0 Å². The molecular weight excluding hydrogens is 174 g/mol. The number of aromatic nitrogens is 1. The van der Waals surface area contributed by atoms with E-state index in [-0.39, 0.29) is 0 Å². The Balaban J connectivity index is 2.26. The van der Waals surface area contributed by atoms with Gasteiger partial charge in [-0.2, -0.15) is 0 Å². The molecule has 76 valence electrons. The normalized spacial score (nSPS) is 22.8. The van der Waals surface area contributed by atoms with Gasteiger partial charge in [-0.25, -0.2) is 4.98 Å². The molecule has 1 atom stereocenters. The third-order valence-electron chi connectivity index (χ3n) is 3.00. The zero-order valence-electron chi connectivity index (χ0n) is 8.61. The molecule has 1 aromatic heterocycles. The predicted octanol–water partition coefficient (Wildman–Crippen LogP) is 1.82. The molecule has 3 nitrogen and oxygen atoms in total. The maximum absolute atomic E-state index is 5.88. The third-order valence-corrected chi connectivity index (χ3v) is 3.00. The van der Waals surface area contributed by atoms with Crippen LogP contribution in [-0.4, -0.2) is 23.0 Å². The van der Waals surface area contributed by atoms with Crippen molar-refractivity contribution in [3.8, 4) is 0 Å². The van der Waals surface area contributed by atoms with Crippen LogP contribution in [0.1, 0.15) is 31.4 Å². The van der Waals surface area contributed by atoms with Crippen LogP contribution in [0.15, 0.2) is 18.3 Å². The van der Waals surface area contributed by atoms with Crippen LogP contribution in [0.25, 0.3) is 0 Å². The van der Waals surface area contributed by atoms with E-state index in [9.17, 15) is 0 Å². The van der Waals surface area contributed by atoms with Gasteiger partial charge in [0.15, 0.2) is 0 Å². The molecule has 2 heterocycles. The van der Waals surface area contributed by atoms with Gasteiger partial charge in [0.05, 0.1) is 0 Å². The maximum Gasteiger partial charge on any atom is 0.128 e. The Labute approximate surface area is 84.9 Å². The van der Waals surface area contributed by atoms with E-state index in [2.05, 4.69) is 22.9 Å². The highest BCUT2D eigenvalue weighted by molar-refractivity contribution is 5.41. The van der Waals surface area contributed by atoms with E-state index in [1.54, 1.807) is 6.20 Å². The second kappa shape index (κ2) is 3.96. The van der Waals surface area contributed by atoms with E-state index in [1.807, 2.05) is 6.07 Å². The molecule has 0 unspecified atom stereocenters. The van der Waals surface area contributed by atoms with Gasteiger partial charge in [0.2, 0.25) is 0 Å². The van der Waals surface area contributed by atoms with E-state index in [0.717, 1.165) is 6.54 Å². The highest BCUT2D eigenvalue weighted by atomic mass is 15.2. The lowest BCUT2D eigenvalue weighted by atomic mass is 10.1. The molecule has 1 saturated heterocycles. The SMILES string of the molecule is CCN1CCC[C@H]1c1cccnc1N. The van der Waals surface area contributed by atoms with E-state index >= 15 is 0 Å². The molecule has 2 rings (SSSR count). The van der Waals surface area contributed by atoms with Crippen LogP contribution in [0.2, 0.25) is 0 Å². The van der Waals surface area contributed by atoms with Crippen molar-refractivity contribution in [2.75, 3.05) is 18.8 Å². The van der Waals surface area contributed by atoms with Gasteiger partial charge in [0.1, 0.15) is 5.82 Å². The molecule has 2 N–H and O–H groups in total. The summed E-state index contributed by atoms with van der Waals surface area (Å²) in [4.78, 5) is 6.61. The summed E-state index contributed by atoms with van der Waals surface area (Å²) in [6.07, 6.45) is 4.24. The summed E-state index contributed by atoms with van der Waals surface area (Å²) in [6.45, 7) is 4.49. The first-order chi connectivity index (χ1) is 6.83. The Morgan fingerprint density at radius 1 is 1.64 bits per heavy atom. The molecule has 0 aliphatic carbocycles. The van der Waals surface area contributed by atoms with E-state index in [0.29, 0.717) is 11.9 Å². The largest absolute Gasteiger partial charge is 0.383 e. The lowest BCUT2D eigenvalue weighted by Gasteiger charge is -2.23. The fourth-order valence-corrected chi connectivity index (χ4v) is 2.27. The van der Waals surface area contributed by atoms with Crippen molar-refractivity contribution < 1.29 is 0 Å². The summed E-state index contributed by atoms with van der Waals surface area (Å²) in [5.74, 6) is 0.692. The van der Waals surface area contributed by atoms with Crippen molar-refractivity contribution in [1.29, 1.82) is 0 Å². The van der Waals surface area contributed by atoms with E-state index in [1.165, 1.54) is 24.9 Å². The Hall–Kier alpha value is -1.09. The lowest BCUT2D eigenvalue weighted by molar-refractivity contribution is 0.272. The molecule has 0 saturated carbocycles. The minimum Gasteiger partial charge on any atom is -0.383 e. The van der Waals surface area contributed by atoms with Crippen LogP contribution in [0.5, 0.6) is 0 Å². The second-order valence-corrected chi connectivity index (χ2v) is 3.76. The van der Waals surface area contributed by atoms with Crippen molar-refractivity contribution in [3.05, 3.63) is 23.9 Å². The minimum atomic E-state index is 0.494. The fraction of sp³-hybridized carbons (Fsp3) is 0.545. The number of rotatable bonds is 2. The van der Waals surface area contributed by atoms with Gasteiger partial charge in [-0.15, -0.1) is 0 Å². The first-order valence-electron chi connectivity index (χ1n) is 5.27. The van der Waals surface area contributed by atoms with Gasteiger partial charge < -0.3 is 5.73 Å². The number of nitrogen functional groups attached to an aromatic ring is 1. The molecule has 0 bridgehead atoms. The number of likely N-dealkylation sites (tertiary alicyclic amines) is 1.